The molecule has 1 fully saturated rings. The lowest BCUT2D eigenvalue weighted by molar-refractivity contribution is -0.141. The number of benzene rings is 2. The van der Waals surface area contributed by atoms with E-state index in [0.717, 1.165) is 11.3 Å². The Kier molecular flexibility index (Phi) is 5.33. The minimum atomic E-state index is -0.810. The van der Waals surface area contributed by atoms with Crippen LogP contribution in [-0.2, 0) is 16.2 Å². The van der Waals surface area contributed by atoms with E-state index >= 15 is 0 Å². The maximum absolute atomic E-state index is 12.2. The average molecular weight is 339 g/mol. The third kappa shape index (κ3) is 4.59. The number of carboxylic acid groups (broad SMARTS) is 1. The van der Waals surface area contributed by atoms with E-state index in [1.165, 1.54) is 0 Å². The van der Waals surface area contributed by atoms with E-state index in [1.807, 2.05) is 42.5 Å². The SMILES string of the molecule is O=C(O)[C@@H]1CC[C@H](C(=O)Nc2ccc(OCc3ccccc3)cc2)C1. The molecule has 0 heterocycles. The van der Waals surface area contributed by atoms with E-state index in [1.54, 1.807) is 12.1 Å². The highest BCUT2D eigenvalue weighted by Crippen LogP contribution is 2.32. The van der Waals surface area contributed by atoms with E-state index < -0.39 is 11.9 Å². The van der Waals surface area contributed by atoms with Crippen LogP contribution in [0.2, 0.25) is 0 Å². The molecule has 1 aliphatic rings. The van der Waals surface area contributed by atoms with E-state index in [2.05, 4.69) is 5.32 Å². The zero-order chi connectivity index (χ0) is 17.6. The molecule has 130 valence electrons. The fourth-order valence-electron chi connectivity index (χ4n) is 3.06. The van der Waals surface area contributed by atoms with Gasteiger partial charge >= 0.3 is 5.97 Å². The first-order chi connectivity index (χ1) is 12.1. The van der Waals surface area contributed by atoms with E-state index in [9.17, 15) is 9.59 Å². The predicted octanol–water partition coefficient (Wildman–Crippen LogP) is 3.71. The standard InChI is InChI=1S/C20H21NO4/c22-19(15-6-7-16(12-15)20(23)24)21-17-8-10-18(11-9-17)25-13-14-4-2-1-3-5-14/h1-5,8-11,15-16H,6-7,12-13H2,(H,21,22)(H,23,24)/t15-,16+/m0/s1. The van der Waals surface area contributed by atoms with Gasteiger partial charge in [-0.05, 0) is 49.1 Å². The van der Waals surface area contributed by atoms with E-state index in [4.69, 9.17) is 9.84 Å². The van der Waals surface area contributed by atoms with Crippen molar-refractivity contribution in [2.45, 2.75) is 25.9 Å². The normalized spacial score (nSPS) is 19.4. The summed E-state index contributed by atoms with van der Waals surface area (Å²) in [7, 11) is 0. The van der Waals surface area contributed by atoms with Gasteiger partial charge in [0.1, 0.15) is 12.4 Å². The maximum atomic E-state index is 12.2. The highest BCUT2D eigenvalue weighted by Gasteiger charge is 2.33. The Hall–Kier alpha value is -2.82. The van der Waals surface area contributed by atoms with Gasteiger partial charge in [-0.2, -0.15) is 0 Å². The highest BCUT2D eigenvalue weighted by molar-refractivity contribution is 5.93. The molecule has 5 nitrogen and oxygen atoms in total. The fourth-order valence-corrected chi connectivity index (χ4v) is 3.06. The summed E-state index contributed by atoms with van der Waals surface area (Å²) < 4.78 is 5.71. The highest BCUT2D eigenvalue weighted by atomic mass is 16.5. The van der Waals surface area contributed by atoms with Gasteiger partial charge in [-0.15, -0.1) is 0 Å². The molecule has 0 saturated heterocycles. The maximum Gasteiger partial charge on any atom is 0.306 e. The van der Waals surface area contributed by atoms with Crippen LogP contribution >= 0.6 is 0 Å². The van der Waals surface area contributed by atoms with Crippen LogP contribution in [0.1, 0.15) is 24.8 Å². The van der Waals surface area contributed by atoms with Crippen molar-refractivity contribution in [1.82, 2.24) is 0 Å². The molecular weight excluding hydrogens is 318 g/mol. The van der Waals surface area contributed by atoms with Gasteiger partial charge in [0.05, 0.1) is 5.92 Å². The number of hydrogen-bond donors (Lipinski definition) is 2. The van der Waals surface area contributed by atoms with Crippen molar-refractivity contribution in [2.75, 3.05) is 5.32 Å². The van der Waals surface area contributed by atoms with Crippen molar-refractivity contribution < 1.29 is 19.4 Å². The molecule has 0 aliphatic heterocycles. The molecule has 2 N–H and O–H groups in total. The molecule has 2 aromatic carbocycles. The Balaban J connectivity index is 1.50. The van der Waals surface area contributed by atoms with Crippen molar-refractivity contribution in [1.29, 1.82) is 0 Å². The van der Waals surface area contributed by atoms with Crippen LogP contribution in [0.25, 0.3) is 0 Å². The predicted molar refractivity (Wildman–Crippen MR) is 94.3 cm³/mol. The van der Waals surface area contributed by atoms with Crippen molar-refractivity contribution in [3.8, 4) is 5.75 Å². The second kappa shape index (κ2) is 7.83. The van der Waals surface area contributed by atoms with Gasteiger partial charge in [-0.25, -0.2) is 0 Å². The Labute approximate surface area is 146 Å². The fraction of sp³-hybridized carbons (Fsp3) is 0.300. The number of carbonyl (C=O) groups is 2. The van der Waals surface area contributed by atoms with Gasteiger partial charge in [-0.3, -0.25) is 9.59 Å². The summed E-state index contributed by atoms with van der Waals surface area (Å²) in [6, 6.07) is 17.1. The molecule has 2 aromatic rings. The molecule has 0 aromatic heterocycles. The number of nitrogens with one attached hydrogen (secondary N) is 1. The van der Waals surface area contributed by atoms with Gasteiger partial charge in [0.25, 0.3) is 0 Å². The second-order valence-electron chi connectivity index (χ2n) is 6.33. The van der Waals surface area contributed by atoms with Gasteiger partial charge in [0.2, 0.25) is 5.91 Å². The number of amides is 1. The lowest BCUT2D eigenvalue weighted by atomic mass is 10.0. The van der Waals surface area contributed by atoms with Gasteiger partial charge in [0, 0.05) is 11.6 Å². The van der Waals surface area contributed by atoms with Crippen LogP contribution in [0.5, 0.6) is 5.75 Å². The quantitative estimate of drug-likeness (QED) is 0.841. The molecule has 0 spiro atoms. The van der Waals surface area contributed by atoms with E-state index in [-0.39, 0.29) is 11.8 Å². The van der Waals surface area contributed by atoms with Crippen LogP contribution in [0.15, 0.2) is 54.6 Å². The average Bonchev–Trinajstić information content (AvgIpc) is 3.13. The van der Waals surface area contributed by atoms with Crippen molar-refractivity contribution in [2.24, 2.45) is 11.8 Å². The number of hydrogen-bond acceptors (Lipinski definition) is 3. The van der Waals surface area contributed by atoms with Crippen molar-refractivity contribution in [3.05, 3.63) is 60.2 Å². The number of carboxylic acids is 1. The first kappa shape index (κ1) is 17.0. The lowest BCUT2D eigenvalue weighted by Crippen LogP contribution is -2.21. The first-order valence-corrected chi connectivity index (χ1v) is 8.42. The molecule has 0 radical (unpaired) electrons. The monoisotopic (exact) mass is 339 g/mol. The van der Waals surface area contributed by atoms with Crippen LogP contribution in [0, 0.1) is 11.8 Å². The second-order valence-corrected chi connectivity index (χ2v) is 6.33. The molecule has 0 unspecified atom stereocenters. The summed E-state index contributed by atoms with van der Waals surface area (Å²) in [5.74, 6) is -0.815. The molecule has 2 atom stereocenters. The number of aliphatic carboxylic acids is 1. The molecule has 25 heavy (non-hydrogen) atoms. The molecule has 1 amide bonds. The number of carbonyl (C=O) groups excluding carboxylic acids is 1. The largest absolute Gasteiger partial charge is 0.489 e. The van der Waals surface area contributed by atoms with E-state index in [0.29, 0.717) is 31.6 Å². The summed E-state index contributed by atoms with van der Waals surface area (Å²) >= 11 is 0. The smallest absolute Gasteiger partial charge is 0.306 e. The van der Waals surface area contributed by atoms with Gasteiger partial charge in [0.15, 0.2) is 0 Å². The summed E-state index contributed by atoms with van der Waals surface area (Å²) in [4.78, 5) is 23.2. The molecule has 1 saturated carbocycles. The molecule has 5 heteroatoms. The van der Waals surface area contributed by atoms with Crippen molar-refractivity contribution >= 4 is 17.6 Å². The first-order valence-electron chi connectivity index (χ1n) is 8.42. The van der Waals surface area contributed by atoms with Crippen LogP contribution < -0.4 is 10.1 Å². The van der Waals surface area contributed by atoms with Gasteiger partial charge < -0.3 is 15.2 Å². The zero-order valence-electron chi connectivity index (χ0n) is 13.9. The Morgan fingerprint density at radius 1 is 1.00 bits per heavy atom. The minimum Gasteiger partial charge on any atom is -0.489 e. The Bertz CT molecular complexity index is 727. The molecule has 0 bridgehead atoms. The van der Waals surface area contributed by atoms with Crippen LogP contribution in [0.4, 0.5) is 5.69 Å². The number of anilines is 1. The molecular formula is C20H21NO4. The minimum absolute atomic E-state index is 0.110. The molecule has 1 aliphatic carbocycles. The van der Waals surface area contributed by atoms with Crippen LogP contribution in [-0.4, -0.2) is 17.0 Å². The Morgan fingerprint density at radius 3 is 2.32 bits per heavy atom. The summed E-state index contributed by atoms with van der Waals surface area (Å²) in [6.45, 7) is 0.491. The topological polar surface area (TPSA) is 75.6 Å². The van der Waals surface area contributed by atoms with Crippen molar-refractivity contribution in [3.63, 3.8) is 0 Å². The lowest BCUT2D eigenvalue weighted by Gasteiger charge is -2.12. The van der Waals surface area contributed by atoms with Gasteiger partial charge in [-0.1, -0.05) is 30.3 Å². The Morgan fingerprint density at radius 2 is 1.68 bits per heavy atom. The summed E-state index contributed by atoms with van der Waals surface area (Å²) in [6.07, 6.45) is 1.61. The number of rotatable bonds is 6. The van der Waals surface area contributed by atoms with Crippen LogP contribution in [0.3, 0.4) is 0 Å². The summed E-state index contributed by atoms with van der Waals surface area (Å²) in [5, 5.41) is 11.9. The third-order valence-corrected chi connectivity index (χ3v) is 4.52. The molecule has 3 rings (SSSR count). The third-order valence-electron chi connectivity index (χ3n) is 4.52. The zero-order valence-corrected chi connectivity index (χ0v) is 13.9. The summed E-state index contributed by atoms with van der Waals surface area (Å²) in [5.41, 5.74) is 1.78. The number of ether oxygens (including phenoxy) is 1.